The van der Waals surface area contributed by atoms with Gasteiger partial charge in [0, 0.05) is 16.3 Å². The number of amides is 2. The molecule has 8 nitrogen and oxygen atoms in total. The third kappa shape index (κ3) is 6.48. The molecule has 1 unspecified atom stereocenters. The van der Waals surface area contributed by atoms with Crippen LogP contribution in [0.1, 0.15) is 41.9 Å². The molecule has 0 aliphatic heterocycles. The fourth-order valence-corrected chi connectivity index (χ4v) is 5.49. The summed E-state index contributed by atoms with van der Waals surface area (Å²) in [5, 5.41) is 25.9. The van der Waals surface area contributed by atoms with Crippen molar-refractivity contribution in [2.75, 3.05) is 10.6 Å². The Hall–Kier alpha value is -5.41. The zero-order valence-electron chi connectivity index (χ0n) is 22.0. The molecule has 2 amide bonds. The second kappa shape index (κ2) is 12.4. The number of carboxylic acids is 2. The van der Waals surface area contributed by atoms with Gasteiger partial charge < -0.3 is 20.8 Å². The number of hydrogen-bond donors (Lipinski definition) is 4. The van der Waals surface area contributed by atoms with Crippen molar-refractivity contribution >= 4 is 57.7 Å². The number of aromatic carboxylic acids is 2. The summed E-state index contributed by atoms with van der Waals surface area (Å²) in [5.41, 5.74) is 1.00. The molecule has 5 aromatic carbocycles. The summed E-state index contributed by atoms with van der Waals surface area (Å²) in [6, 6.07) is 33.1. The SMILES string of the molecule is O=C(O)c1ccc(C(=O)Nc2cccc(SC(C(=O)Nc3ccc4ccccc4c3)c3ccccc3)c2)c(C(=O)O)c1. The molecule has 0 spiro atoms. The van der Waals surface area contributed by atoms with Crippen LogP contribution in [-0.4, -0.2) is 34.0 Å². The van der Waals surface area contributed by atoms with Crippen LogP contribution in [0.5, 0.6) is 0 Å². The first-order chi connectivity index (χ1) is 20.3. The average molecular weight is 577 g/mol. The number of carbonyl (C=O) groups excluding carboxylic acids is 2. The highest BCUT2D eigenvalue weighted by Gasteiger charge is 2.23. The van der Waals surface area contributed by atoms with Crippen LogP contribution in [0.3, 0.4) is 0 Å². The molecule has 1 atom stereocenters. The maximum absolute atomic E-state index is 13.6. The lowest BCUT2D eigenvalue weighted by atomic mass is 10.0. The van der Waals surface area contributed by atoms with E-state index in [2.05, 4.69) is 10.6 Å². The Labute approximate surface area is 245 Å². The van der Waals surface area contributed by atoms with Crippen LogP contribution in [0, 0.1) is 0 Å². The molecule has 0 saturated carbocycles. The van der Waals surface area contributed by atoms with Crippen LogP contribution in [0.4, 0.5) is 11.4 Å². The van der Waals surface area contributed by atoms with Crippen molar-refractivity contribution in [1.29, 1.82) is 0 Å². The van der Waals surface area contributed by atoms with Gasteiger partial charge in [0.1, 0.15) is 5.25 Å². The third-order valence-electron chi connectivity index (χ3n) is 6.44. The van der Waals surface area contributed by atoms with Gasteiger partial charge in [-0.2, -0.15) is 0 Å². The topological polar surface area (TPSA) is 133 Å². The van der Waals surface area contributed by atoms with Crippen LogP contribution in [0.15, 0.2) is 120 Å². The zero-order chi connectivity index (χ0) is 29.6. The monoisotopic (exact) mass is 576 g/mol. The summed E-state index contributed by atoms with van der Waals surface area (Å²) >= 11 is 1.30. The first-order valence-electron chi connectivity index (χ1n) is 12.8. The molecular formula is C33H24N2O6S. The van der Waals surface area contributed by atoms with Crippen LogP contribution < -0.4 is 10.6 Å². The normalized spacial score (nSPS) is 11.4. The molecule has 0 bridgehead atoms. The van der Waals surface area contributed by atoms with E-state index in [1.54, 1.807) is 18.2 Å². The summed E-state index contributed by atoms with van der Waals surface area (Å²) in [5.74, 6) is -3.65. The molecular weight excluding hydrogens is 552 g/mol. The number of thioether (sulfide) groups is 1. The molecule has 9 heteroatoms. The molecule has 0 fully saturated rings. The number of carbonyl (C=O) groups is 4. The number of benzene rings is 5. The maximum atomic E-state index is 13.6. The van der Waals surface area contributed by atoms with Crippen molar-refractivity contribution in [2.45, 2.75) is 10.1 Å². The fraction of sp³-hybridized carbons (Fsp3) is 0.0303. The highest BCUT2D eigenvalue weighted by Crippen LogP contribution is 2.37. The van der Waals surface area contributed by atoms with E-state index < -0.39 is 28.7 Å². The van der Waals surface area contributed by atoms with E-state index in [-0.39, 0.29) is 17.0 Å². The first-order valence-corrected chi connectivity index (χ1v) is 13.7. The predicted molar refractivity (Wildman–Crippen MR) is 162 cm³/mol. The highest BCUT2D eigenvalue weighted by atomic mass is 32.2. The summed E-state index contributed by atoms with van der Waals surface area (Å²) in [6.07, 6.45) is 0. The van der Waals surface area contributed by atoms with Crippen LogP contribution >= 0.6 is 11.8 Å². The number of rotatable bonds is 9. The van der Waals surface area contributed by atoms with Crippen LogP contribution in [-0.2, 0) is 4.79 Å². The molecule has 5 aromatic rings. The number of carboxylic acid groups (broad SMARTS) is 2. The van der Waals surface area contributed by atoms with Gasteiger partial charge in [-0.15, -0.1) is 11.8 Å². The molecule has 0 saturated heterocycles. The Kier molecular flexibility index (Phi) is 8.31. The quantitative estimate of drug-likeness (QED) is 0.139. The van der Waals surface area contributed by atoms with E-state index in [4.69, 9.17) is 0 Å². The Balaban J connectivity index is 1.37. The minimum absolute atomic E-state index is 0.178. The van der Waals surface area contributed by atoms with Gasteiger partial charge in [-0.25, -0.2) is 9.59 Å². The Morgan fingerprint density at radius 3 is 2.05 bits per heavy atom. The standard InChI is InChI=1S/C33H24N2O6S/c36-30(27-16-14-23(32(38)39)18-28(27)33(40)41)34-24-11-6-12-26(19-24)42-29(21-8-2-1-3-9-21)31(37)35-25-15-13-20-7-4-5-10-22(20)17-25/h1-19,29H,(H,34,36)(H,35,37)(H,38,39)(H,40,41). The summed E-state index contributed by atoms with van der Waals surface area (Å²) in [4.78, 5) is 50.2. The van der Waals surface area contributed by atoms with Gasteiger partial charge in [0.25, 0.3) is 5.91 Å². The number of hydrogen-bond acceptors (Lipinski definition) is 5. The lowest BCUT2D eigenvalue weighted by Gasteiger charge is -2.18. The molecule has 0 aromatic heterocycles. The van der Waals surface area contributed by atoms with Gasteiger partial charge in [0.05, 0.1) is 16.7 Å². The van der Waals surface area contributed by atoms with Gasteiger partial charge in [-0.1, -0.05) is 66.7 Å². The van der Waals surface area contributed by atoms with E-state index in [0.717, 1.165) is 22.4 Å². The Morgan fingerprint density at radius 2 is 1.31 bits per heavy atom. The second-order valence-corrected chi connectivity index (χ2v) is 10.5. The van der Waals surface area contributed by atoms with Crippen molar-refractivity contribution in [3.05, 3.63) is 138 Å². The Morgan fingerprint density at radius 1 is 0.595 bits per heavy atom. The van der Waals surface area contributed by atoms with Crippen molar-refractivity contribution < 1.29 is 29.4 Å². The zero-order valence-corrected chi connectivity index (χ0v) is 22.8. The van der Waals surface area contributed by atoms with Gasteiger partial charge in [0.15, 0.2) is 0 Å². The van der Waals surface area contributed by atoms with E-state index in [0.29, 0.717) is 16.3 Å². The second-order valence-electron chi connectivity index (χ2n) is 9.31. The van der Waals surface area contributed by atoms with Gasteiger partial charge in [0.2, 0.25) is 5.91 Å². The third-order valence-corrected chi connectivity index (χ3v) is 7.69. The molecule has 0 aliphatic rings. The summed E-state index contributed by atoms with van der Waals surface area (Å²) in [7, 11) is 0. The molecule has 0 aliphatic carbocycles. The summed E-state index contributed by atoms with van der Waals surface area (Å²) < 4.78 is 0. The largest absolute Gasteiger partial charge is 0.478 e. The van der Waals surface area contributed by atoms with E-state index in [1.807, 2.05) is 78.9 Å². The van der Waals surface area contributed by atoms with Crippen LogP contribution in [0.25, 0.3) is 10.8 Å². The van der Waals surface area contributed by atoms with E-state index in [9.17, 15) is 29.4 Å². The number of nitrogens with one attached hydrogen (secondary N) is 2. The lowest BCUT2D eigenvalue weighted by molar-refractivity contribution is -0.115. The fourth-order valence-electron chi connectivity index (χ4n) is 4.41. The molecule has 5 rings (SSSR count). The van der Waals surface area contributed by atoms with Gasteiger partial charge in [-0.3, -0.25) is 9.59 Å². The minimum atomic E-state index is -1.42. The van der Waals surface area contributed by atoms with Crippen LogP contribution in [0.2, 0.25) is 0 Å². The molecule has 0 heterocycles. The van der Waals surface area contributed by atoms with E-state index >= 15 is 0 Å². The molecule has 4 N–H and O–H groups in total. The minimum Gasteiger partial charge on any atom is -0.478 e. The number of fused-ring (bicyclic) bond motifs is 1. The predicted octanol–water partition coefficient (Wildman–Crippen LogP) is 6.96. The van der Waals surface area contributed by atoms with Gasteiger partial charge in [-0.05, 0) is 64.9 Å². The molecule has 0 radical (unpaired) electrons. The smallest absolute Gasteiger partial charge is 0.336 e. The van der Waals surface area contributed by atoms with Crippen molar-refractivity contribution in [3.8, 4) is 0 Å². The van der Waals surface area contributed by atoms with Crippen molar-refractivity contribution in [2.24, 2.45) is 0 Å². The van der Waals surface area contributed by atoms with E-state index in [1.165, 1.54) is 23.9 Å². The van der Waals surface area contributed by atoms with Crippen molar-refractivity contribution in [3.63, 3.8) is 0 Å². The Bertz CT molecular complexity index is 1820. The highest BCUT2D eigenvalue weighted by molar-refractivity contribution is 8.00. The maximum Gasteiger partial charge on any atom is 0.336 e. The first kappa shape index (κ1) is 28.1. The molecule has 42 heavy (non-hydrogen) atoms. The van der Waals surface area contributed by atoms with Crippen molar-refractivity contribution in [1.82, 2.24) is 0 Å². The average Bonchev–Trinajstić information content (AvgIpc) is 3.00. The lowest BCUT2D eigenvalue weighted by Crippen LogP contribution is -2.19. The van der Waals surface area contributed by atoms with Gasteiger partial charge >= 0.3 is 11.9 Å². The molecule has 208 valence electrons. The summed E-state index contributed by atoms with van der Waals surface area (Å²) in [6.45, 7) is 0. The number of anilines is 2.